The van der Waals surface area contributed by atoms with Crippen LogP contribution in [0.4, 0.5) is 0 Å². The second-order valence-corrected chi connectivity index (χ2v) is 4.69. The Morgan fingerprint density at radius 2 is 2.21 bits per heavy atom. The van der Waals surface area contributed by atoms with Gasteiger partial charge in [0.1, 0.15) is 0 Å². The van der Waals surface area contributed by atoms with Gasteiger partial charge in [-0.15, -0.1) is 0 Å². The number of nitrogens with two attached hydrogens (primary N) is 1. The van der Waals surface area contributed by atoms with Gasteiger partial charge in [-0.05, 0) is 24.6 Å². The summed E-state index contributed by atoms with van der Waals surface area (Å²) < 4.78 is 0. The maximum Gasteiger partial charge on any atom is 0.253 e. The van der Waals surface area contributed by atoms with Gasteiger partial charge < -0.3 is 10.6 Å². The van der Waals surface area contributed by atoms with Gasteiger partial charge >= 0.3 is 0 Å². The molecule has 1 aromatic rings. The highest BCUT2D eigenvalue weighted by Gasteiger charge is 2.12. The molecule has 1 amide bonds. The van der Waals surface area contributed by atoms with Crippen LogP contribution in [-0.4, -0.2) is 30.9 Å². The number of nitrogens with zero attached hydrogens (tertiary/aromatic N) is 1. The molecule has 1 rings (SSSR count). The van der Waals surface area contributed by atoms with Crippen molar-refractivity contribution < 1.29 is 4.79 Å². The van der Waals surface area contributed by atoms with Crippen LogP contribution in [0.2, 0.25) is 5.02 Å². The Hall–Kier alpha value is -1.50. The fraction of sp³-hybridized carbons (Fsp3) is 0.400. The summed E-state index contributed by atoms with van der Waals surface area (Å²) in [6.07, 6.45) is 2.06. The molecule has 3 nitrogen and oxygen atoms in total. The minimum atomic E-state index is -0.0197. The third-order valence-corrected chi connectivity index (χ3v) is 3.05. The Balaban J connectivity index is 2.85. The number of halogens is 1. The zero-order valence-electron chi connectivity index (χ0n) is 11.4. The van der Waals surface area contributed by atoms with Crippen molar-refractivity contribution in [1.29, 1.82) is 0 Å². The normalized spacial score (nSPS) is 9.68. The maximum absolute atomic E-state index is 12.1. The molecule has 0 saturated heterocycles. The molecule has 0 aromatic heterocycles. The third kappa shape index (κ3) is 4.59. The van der Waals surface area contributed by atoms with E-state index < -0.39 is 0 Å². The van der Waals surface area contributed by atoms with Gasteiger partial charge in [-0.25, -0.2) is 0 Å². The first-order chi connectivity index (χ1) is 9.10. The molecule has 0 fully saturated rings. The van der Waals surface area contributed by atoms with Gasteiger partial charge in [0.05, 0.1) is 11.6 Å². The van der Waals surface area contributed by atoms with Crippen molar-refractivity contribution in [2.45, 2.75) is 19.8 Å². The van der Waals surface area contributed by atoms with E-state index in [1.165, 1.54) is 0 Å². The van der Waals surface area contributed by atoms with E-state index in [0.29, 0.717) is 16.1 Å². The Morgan fingerprint density at radius 1 is 1.47 bits per heavy atom. The zero-order valence-corrected chi connectivity index (χ0v) is 12.1. The van der Waals surface area contributed by atoms with E-state index in [2.05, 4.69) is 18.8 Å². The van der Waals surface area contributed by atoms with E-state index in [-0.39, 0.29) is 12.5 Å². The highest BCUT2D eigenvalue weighted by atomic mass is 35.5. The Bertz CT molecular complexity index is 503. The Kier molecular flexibility index (Phi) is 6.41. The van der Waals surface area contributed by atoms with Gasteiger partial charge in [-0.2, -0.15) is 0 Å². The molecule has 0 bridgehead atoms. The second kappa shape index (κ2) is 7.83. The summed E-state index contributed by atoms with van der Waals surface area (Å²) >= 11 is 6.10. The van der Waals surface area contributed by atoms with Gasteiger partial charge in [-0.3, -0.25) is 4.79 Å². The molecule has 0 aliphatic carbocycles. The van der Waals surface area contributed by atoms with Gasteiger partial charge in [0.2, 0.25) is 0 Å². The van der Waals surface area contributed by atoms with Gasteiger partial charge in [0, 0.05) is 24.7 Å². The Labute approximate surface area is 119 Å². The molecule has 0 aliphatic heterocycles. The monoisotopic (exact) mass is 278 g/mol. The van der Waals surface area contributed by atoms with Crippen LogP contribution in [0.15, 0.2) is 18.2 Å². The standard InChI is InChI=1S/C15H19ClN2O/c1-3-4-10-18(2)15(19)13-8-7-12(6-5-9-17)14(16)11-13/h7-8,11H,3-4,9-10,17H2,1-2H3. The van der Waals surface area contributed by atoms with Crippen molar-refractivity contribution in [2.75, 3.05) is 20.1 Å². The molecule has 0 spiro atoms. The van der Waals surface area contributed by atoms with E-state index >= 15 is 0 Å². The van der Waals surface area contributed by atoms with E-state index in [0.717, 1.165) is 19.4 Å². The summed E-state index contributed by atoms with van der Waals surface area (Å²) in [7, 11) is 1.80. The summed E-state index contributed by atoms with van der Waals surface area (Å²) in [5.41, 5.74) is 6.59. The van der Waals surface area contributed by atoms with Crippen LogP contribution in [0.3, 0.4) is 0 Å². The lowest BCUT2D eigenvalue weighted by Gasteiger charge is -2.17. The number of rotatable bonds is 4. The number of hydrogen-bond acceptors (Lipinski definition) is 2. The molecule has 0 atom stereocenters. The van der Waals surface area contributed by atoms with Crippen LogP contribution in [0.5, 0.6) is 0 Å². The summed E-state index contributed by atoms with van der Waals surface area (Å²) in [6.45, 7) is 3.14. The molecule has 0 unspecified atom stereocenters. The minimum absolute atomic E-state index is 0.0197. The van der Waals surface area contributed by atoms with Crippen LogP contribution >= 0.6 is 11.6 Å². The van der Waals surface area contributed by atoms with Crippen molar-refractivity contribution in [3.63, 3.8) is 0 Å². The highest BCUT2D eigenvalue weighted by Crippen LogP contribution is 2.18. The van der Waals surface area contributed by atoms with Crippen LogP contribution in [0.25, 0.3) is 0 Å². The molecule has 0 heterocycles. The lowest BCUT2D eigenvalue weighted by molar-refractivity contribution is 0.0793. The molecule has 0 radical (unpaired) electrons. The average Bonchev–Trinajstić information content (AvgIpc) is 2.42. The average molecular weight is 279 g/mol. The van der Waals surface area contributed by atoms with E-state index in [1.807, 2.05) is 0 Å². The van der Waals surface area contributed by atoms with Crippen molar-refractivity contribution in [3.05, 3.63) is 34.3 Å². The number of carbonyl (C=O) groups is 1. The van der Waals surface area contributed by atoms with Crippen LogP contribution < -0.4 is 5.73 Å². The number of unbranched alkanes of at least 4 members (excludes halogenated alkanes) is 1. The largest absolute Gasteiger partial charge is 0.342 e. The predicted octanol–water partition coefficient (Wildman–Crippen LogP) is 2.52. The quantitative estimate of drug-likeness (QED) is 0.861. The second-order valence-electron chi connectivity index (χ2n) is 4.28. The zero-order chi connectivity index (χ0) is 14.3. The number of carbonyl (C=O) groups excluding carboxylic acids is 1. The SMILES string of the molecule is CCCCN(C)C(=O)c1ccc(C#CCN)c(Cl)c1. The summed E-state index contributed by atoms with van der Waals surface area (Å²) in [5, 5.41) is 0.482. The summed E-state index contributed by atoms with van der Waals surface area (Å²) in [5.74, 6) is 5.59. The molecule has 2 N–H and O–H groups in total. The predicted molar refractivity (Wildman–Crippen MR) is 79.3 cm³/mol. The number of amides is 1. The first-order valence-electron chi connectivity index (χ1n) is 6.34. The van der Waals surface area contributed by atoms with Crippen molar-refractivity contribution in [3.8, 4) is 11.8 Å². The third-order valence-electron chi connectivity index (χ3n) is 2.73. The lowest BCUT2D eigenvalue weighted by atomic mass is 10.1. The molecular weight excluding hydrogens is 260 g/mol. The first-order valence-corrected chi connectivity index (χ1v) is 6.72. The fourth-order valence-corrected chi connectivity index (χ4v) is 1.84. The van der Waals surface area contributed by atoms with E-state index in [4.69, 9.17) is 17.3 Å². The summed E-state index contributed by atoms with van der Waals surface area (Å²) in [6, 6.07) is 5.16. The molecule has 0 aliphatic rings. The van der Waals surface area contributed by atoms with Gasteiger partial charge in [0.25, 0.3) is 5.91 Å². The summed E-state index contributed by atoms with van der Waals surface area (Å²) in [4.78, 5) is 13.8. The highest BCUT2D eigenvalue weighted by molar-refractivity contribution is 6.32. The van der Waals surface area contributed by atoms with E-state index in [9.17, 15) is 4.79 Å². The molecule has 0 saturated carbocycles. The van der Waals surface area contributed by atoms with Gasteiger partial charge in [0.15, 0.2) is 0 Å². The van der Waals surface area contributed by atoms with Crippen LogP contribution in [-0.2, 0) is 0 Å². The smallest absolute Gasteiger partial charge is 0.253 e. The topological polar surface area (TPSA) is 46.3 Å². The molecule has 4 heteroatoms. The van der Waals surface area contributed by atoms with Crippen molar-refractivity contribution in [2.24, 2.45) is 5.73 Å². The van der Waals surface area contributed by atoms with Crippen LogP contribution in [0, 0.1) is 11.8 Å². The molecule has 19 heavy (non-hydrogen) atoms. The molecule has 102 valence electrons. The Morgan fingerprint density at radius 3 is 2.79 bits per heavy atom. The number of benzene rings is 1. The van der Waals surface area contributed by atoms with Crippen LogP contribution in [0.1, 0.15) is 35.7 Å². The van der Waals surface area contributed by atoms with Crippen molar-refractivity contribution >= 4 is 17.5 Å². The fourth-order valence-electron chi connectivity index (χ4n) is 1.61. The van der Waals surface area contributed by atoms with Gasteiger partial charge in [-0.1, -0.05) is 36.8 Å². The minimum Gasteiger partial charge on any atom is -0.342 e. The molecule has 1 aromatic carbocycles. The lowest BCUT2D eigenvalue weighted by Crippen LogP contribution is -2.27. The first kappa shape index (κ1) is 15.6. The van der Waals surface area contributed by atoms with E-state index in [1.54, 1.807) is 30.1 Å². The molecular formula is C15H19ClN2O. The van der Waals surface area contributed by atoms with Crippen molar-refractivity contribution in [1.82, 2.24) is 4.90 Å². The number of hydrogen-bond donors (Lipinski definition) is 1. The maximum atomic E-state index is 12.1.